The van der Waals surface area contributed by atoms with E-state index in [1.807, 2.05) is 18.6 Å². The molecule has 2 heterocycles. The number of aromatic nitrogens is 3. The van der Waals surface area contributed by atoms with E-state index in [1.54, 1.807) is 12.3 Å². The molecule has 0 radical (unpaired) electrons. The Morgan fingerprint density at radius 2 is 2.06 bits per heavy atom. The van der Waals surface area contributed by atoms with Crippen molar-refractivity contribution in [3.63, 3.8) is 0 Å². The minimum absolute atomic E-state index is 0.0851. The highest BCUT2D eigenvalue weighted by Crippen LogP contribution is 2.35. The molecule has 6 nitrogen and oxygen atoms in total. The Balaban J connectivity index is 1.78. The molecule has 2 atom stereocenters. The minimum Gasteiger partial charge on any atom is -0.478 e. The fourth-order valence-electron chi connectivity index (χ4n) is 3.97. The van der Waals surface area contributed by atoms with Gasteiger partial charge in [-0.15, -0.1) is 11.3 Å². The predicted octanol–water partition coefficient (Wildman–Crippen LogP) is 4.93. The molecule has 0 bridgehead atoms. The van der Waals surface area contributed by atoms with Gasteiger partial charge in [0.1, 0.15) is 10.8 Å². The summed E-state index contributed by atoms with van der Waals surface area (Å²) in [5, 5.41) is 9.88. The Bertz CT molecular complexity index is 1220. The number of carbonyl (C=O) groups is 1. The van der Waals surface area contributed by atoms with E-state index < -0.39 is 11.8 Å². The zero-order valence-corrected chi connectivity index (χ0v) is 18.3. The summed E-state index contributed by atoms with van der Waals surface area (Å²) < 4.78 is 16.9. The first-order valence-corrected chi connectivity index (χ1v) is 10.8. The van der Waals surface area contributed by atoms with Crippen molar-refractivity contribution in [1.82, 2.24) is 19.4 Å². The number of nitrogens with zero attached hydrogens (tertiary/aromatic N) is 4. The highest BCUT2D eigenvalue weighted by molar-refractivity contribution is 7.21. The number of carboxylic acids is 1. The van der Waals surface area contributed by atoms with Crippen molar-refractivity contribution in [2.24, 2.45) is 0 Å². The van der Waals surface area contributed by atoms with E-state index in [9.17, 15) is 14.3 Å². The number of aromatic carboxylic acids is 1. The van der Waals surface area contributed by atoms with Crippen LogP contribution in [0.5, 0.6) is 0 Å². The number of rotatable bonds is 7. The molecule has 4 aromatic rings. The molecule has 31 heavy (non-hydrogen) atoms. The molecule has 4 rings (SSSR count). The van der Waals surface area contributed by atoms with Crippen molar-refractivity contribution in [3.05, 3.63) is 72.1 Å². The maximum atomic E-state index is 13.8. The lowest BCUT2D eigenvalue weighted by Gasteiger charge is -2.33. The van der Waals surface area contributed by atoms with Crippen molar-refractivity contribution in [2.75, 3.05) is 14.1 Å². The van der Waals surface area contributed by atoms with Crippen LogP contribution in [0.15, 0.2) is 55.1 Å². The molecular formula is C23H23FN4O2S. The van der Waals surface area contributed by atoms with E-state index in [0.717, 1.165) is 22.2 Å². The molecule has 1 N–H and O–H groups in total. The van der Waals surface area contributed by atoms with E-state index in [4.69, 9.17) is 0 Å². The molecule has 0 saturated carbocycles. The van der Waals surface area contributed by atoms with Crippen molar-refractivity contribution in [2.45, 2.75) is 25.4 Å². The first-order chi connectivity index (χ1) is 14.9. The number of hydrogen-bond acceptors (Lipinski definition) is 5. The SMILES string of the molecule is CCC(C(c1ccc2nc(-c3ccc(F)c(C(=O)O)c3)sc2c1)n1ccnc1)N(C)C. The van der Waals surface area contributed by atoms with Crippen LogP contribution in [-0.2, 0) is 0 Å². The van der Waals surface area contributed by atoms with Crippen molar-refractivity contribution in [3.8, 4) is 10.6 Å². The van der Waals surface area contributed by atoms with Gasteiger partial charge in [-0.25, -0.2) is 19.2 Å². The Morgan fingerprint density at radius 1 is 1.26 bits per heavy atom. The van der Waals surface area contributed by atoms with Crippen LogP contribution in [0.4, 0.5) is 4.39 Å². The Morgan fingerprint density at radius 3 is 2.71 bits per heavy atom. The first kappa shape index (κ1) is 21.1. The lowest BCUT2D eigenvalue weighted by molar-refractivity contribution is 0.0692. The maximum absolute atomic E-state index is 13.8. The molecule has 0 aliphatic carbocycles. The first-order valence-electron chi connectivity index (χ1n) is 9.96. The van der Waals surface area contributed by atoms with Crippen molar-refractivity contribution in [1.29, 1.82) is 0 Å². The van der Waals surface area contributed by atoms with Crippen LogP contribution >= 0.6 is 11.3 Å². The fourth-order valence-corrected chi connectivity index (χ4v) is 4.98. The third-order valence-electron chi connectivity index (χ3n) is 5.49. The van der Waals surface area contributed by atoms with Crippen molar-refractivity contribution >= 4 is 27.5 Å². The number of thiazole rings is 1. The summed E-state index contributed by atoms with van der Waals surface area (Å²) in [6, 6.07) is 10.6. The number of benzene rings is 2. The van der Waals surface area contributed by atoms with Gasteiger partial charge in [0.25, 0.3) is 0 Å². The average molecular weight is 439 g/mol. The smallest absolute Gasteiger partial charge is 0.338 e. The van der Waals surface area contributed by atoms with E-state index in [-0.39, 0.29) is 17.6 Å². The standard InChI is InChI=1S/C23H23FN4O2S/c1-4-19(27(2)3)21(28-10-9-25-13-28)14-6-8-18-20(12-14)31-22(26-18)15-5-7-17(24)16(11-15)23(29)30/h5-13,19,21H,4H2,1-3H3,(H,29,30). The Labute approximate surface area is 183 Å². The van der Waals surface area contributed by atoms with E-state index in [0.29, 0.717) is 10.6 Å². The molecule has 0 aliphatic heterocycles. The Hall–Kier alpha value is -3.10. The van der Waals surface area contributed by atoms with Gasteiger partial charge in [-0.2, -0.15) is 0 Å². The molecule has 0 spiro atoms. The minimum atomic E-state index is -1.29. The van der Waals surface area contributed by atoms with Gasteiger partial charge in [-0.3, -0.25) is 0 Å². The third kappa shape index (κ3) is 4.08. The average Bonchev–Trinajstić information content (AvgIpc) is 3.41. The number of halogens is 1. The molecule has 8 heteroatoms. The second-order valence-corrected chi connectivity index (χ2v) is 8.67. The van der Waals surface area contributed by atoms with Crippen LogP contribution in [0.1, 0.15) is 35.3 Å². The highest BCUT2D eigenvalue weighted by Gasteiger charge is 2.26. The normalized spacial score (nSPS) is 13.6. The Kier molecular flexibility index (Phi) is 5.84. The van der Waals surface area contributed by atoms with E-state index >= 15 is 0 Å². The second-order valence-electron chi connectivity index (χ2n) is 7.64. The van der Waals surface area contributed by atoms with Crippen LogP contribution < -0.4 is 0 Å². The maximum Gasteiger partial charge on any atom is 0.338 e. The summed E-state index contributed by atoms with van der Waals surface area (Å²) in [6.45, 7) is 2.17. The van der Waals surface area contributed by atoms with Gasteiger partial charge in [0.05, 0.1) is 28.1 Å². The molecule has 2 unspecified atom stereocenters. The highest BCUT2D eigenvalue weighted by atomic mass is 32.1. The molecule has 0 amide bonds. The number of hydrogen-bond donors (Lipinski definition) is 1. The van der Waals surface area contributed by atoms with E-state index in [1.165, 1.54) is 23.5 Å². The van der Waals surface area contributed by atoms with Crippen LogP contribution in [0.2, 0.25) is 0 Å². The van der Waals surface area contributed by atoms with Gasteiger partial charge >= 0.3 is 5.97 Å². The lowest BCUT2D eigenvalue weighted by atomic mass is 9.96. The summed E-state index contributed by atoms with van der Waals surface area (Å²) in [7, 11) is 4.16. The van der Waals surface area contributed by atoms with Crippen LogP contribution in [0.3, 0.4) is 0 Å². The number of fused-ring (bicyclic) bond motifs is 1. The lowest BCUT2D eigenvalue weighted by Crippen LogP contribution is -2.36. The zero-order valence-electron chi connectivity index (χ0n) is 17.5. The number of carboxylic acid groups (broad SMARTS) is 1. The quantitative estimate of drug-likeness (QED) is 0.443. The van der Waals surface area contributed by atoms with Crippen LogP contribution in [0.25, 0.3) is 20.8 Å². The number of imidazole rings is 1. The summed E-state index contributed by atoms with van der Waals surface area (Å²) in [4.78, 5) is 22.4. The zero-order chi connectivity index (χ0) is 22.1. The summed E-state index contributed by atoms with van der Waals surface area (Å²) in [5.74, 6) is -2.04. The topological polar surface area (TPSA) is 71.2 Å². The van der Waals surface area contributed by atoms with Crippen LogP contribution in [0, 0.1) is 5.82 Å². The van der Waals surface area contributed by atoms with Crippen molar-refractivity contribution < 1.29 is 14.3 Å². The number of likely N-dealkylation sites (N-methyl/N-ethyl adjacent to an activating group) is 1. The van der Waals surface area contributed by atoms with E-state index in [2.05, 4.69) is 52.6 Å². The molecule has 2 aromatic heterocycles. The van der Waals surface area contributed by atoms with Gasteiger partial charge < -0.3 is 14.6 Å². The molecule has 0 saturated heterocycles. The summed E-state index contributed by atoms with van der Waals surface area (Å²) in [5.41, 5.74) is 2.21. The van der Waals surface area contributed by atoms with Gasteiger partial charge in [0.2, 0.25) is 0 Å². The molecule has 0 aliphatic rings. The summed E-state index contributed by atoms with van der Waals surface area (Å²) >= 11 is 1.47. The molecule has 160 valence electrons. The fraction of sp³-hybridized carbons (Fsp3) is 0.261. The largest absolute Gasteiger partial charge is 0.478 e. The third-order valence-corrected chi connectivity index (χ3v) is 6.56. The van der Waals surface area contributed by atoms with Gasteiger partial charge in [0.15, 0.2) is 0 Å². The van der Waals surface area contributed by atoms with Gasteiger partial charge in [-0.05, 0) is 56.4 Å². The van der Waals surface area contributed by atoms with Gasteiger partial charge in [-0.1, -0.05) is 13.0 Å². The monoisotopic (exact) mass is 438 g/mol. The van der Waals surface area contributed by atoms with Gasteiger partial charge in [0, 0.05) is 24.0 Å². The second kappa shape index (κ2) is 8.56. The summed E-state index contributed by atoms with van der Waals surface area (Å²) in [6.07, 6.45) is 6.57. The van der Waals surface area contributed by atoms with Crippen LogP contribution in [-0.4, -0.2) is 50.6 Å². The molecule has 0 fully saturated rings. The predicted molar refractivity (Wildman–Crippen MR) is 120 cm³/mol. The molecular weight excluding hydrogens is 415 g/mol. The molecule has 2 aromatic carbocycles.